The summed E-state index contributed by atoms with van der Waals surface area (Å²) in [5, 5.41) is 7.55. The minimum Gasteiger partial charge on any atom is -0.354 e. The molecule has 4 heteroatoms. The van der Waals surface area contributed by atoms with Gasteiger partial charge in [-0.1, -0.05) is 12.8 Å². The van der Waals surface area contributed by atoms with Gasteiger partial charge in [0, 0.05) is 12.5 Å². The van der Waals surface area contributed by atoms with Gasteiger partial charge < -0.3 is 5.32 Å². The van der Waals surface area contributed by atoms with Crippen LogP contribution in [0.2, 0.25) is 0 Å². The summed E-state index contributed by atoms with van der Waals surface area (Å²) in [5.41, 5.74) is 1.37. The summed E-state index contributed by atoms with van der Waals surface area (Å²) in [5.74, 6) is 0.572. The van der Waals surface area contributed by atoms with Crippen molar-refractivity contribution < 1.29 is 4.79 Å². The van der Waals surface area contributed by atoms with E-state index in [2.05, 4.69) is 27.0 Å². The second-order valence-electron chi connectivity index (χ2n) is 6.04. The van der Waals surface area contributed by atoms with E-state index in [0.717, 1.165) is 19.4 Å². The Morgan fingerprint density at radius 1 is 1.30 bits per heavy atom. The van der Waals surface area contributed by atoms with Crippen LogP contribution in [0.5, 0.6) is 0 Å². The minimum absolute atomic E-state index is 0.264. The lowest BCUT2D eigenvalue weighted by Crippen LogP contribution is -2.39. The number of hydrogen-bond donors (Lipinski definition) is 1. The molecule has 1 saturated carbocycles. The first kappa shape index (κ1) is 14.1. The smallest absolute Gasteiger partial charge is 0.223 e. The summed E-state index contributed by atoms with van der Waals surface area (Å²) in [6, 6.07) is 2.57. The van der Waals surface area contributed by atoms with Crippen molar-refractivity contribution in [3.8, 4) is 0 Å². The van der Waals surface area contributed by atoms with Crippen molar-refractivity contribution in [3.05, 3.63) is 22.4 Å². The summed E-state index contributed by atoms with van der Waals surface area (Å²) in [6.07, 6.45) is 7.44. The number of hydrogen-bond acceptors (Lipinski definition) is 3. The third-order valence-electron chi connectivity index (χ3n) is 4.43. The fourth-order valence-electron chi connectivity index (χ4n) is 3.02. The van der Waals surface area contributed by atoms with E-state index in [0.29, 0.717) is 12.0 Å². The number of carbonyl (C=O) groups excluding carboxylic acids is 1. The number of likely N-dealkylation sites (tertiary alicyclic amines) is 1. The molecule has 0 spiro atoms. The van der Waals surface area contributed by atoms with Gasteiger partial charge in [-0.05, 0) is 61.2 Å². The van der Waals surface area contributed by atoms with Crippen molar-refractivity contribution in [1.29, 1.82) is 0 Å². The fourth-order valence-corrected chi connectivity index (χ4v) is 3.72. The third kappa shape index (κ3) is 3.61. The van der Waals surface area contributed by atoms with Gasteiger partial charge >= 0.3 is 0 Å². The normalized spacial score (nSPS) is 22.2. The fraction of sp³-hybridized carbons (Fsp3) is 0.688. The molecule has 1 saturated heterocycles. The van der Waals surface area contributed by atoms with Crippen molar-refractivity contribution in [2.24, 2.45) is 5.92 Å². The maximum absolute atomic E-state index is 11.9. The van der Waals surface area contributed by atoms with Gasteiger partial charge in [0.15, 0.2) is 0 Å². The average Bonchev–Trinajstić information content (AvgIpc) is 3.23. The van der Waals surface area contributed by atoms with Gasteiger partial charge in [0.25, 0.3) is 0 Å². The monoisotopic (exact) mass is 292 g/mol. The number of carbonyl (C=O) groups is 1. The molecular formula is C16H24N2OS. The average molecular weight is 292 g/mol. The van der Waals surface area contributed by atoms with Gasteiger partial charge in [0.05, 0.1) is 6.04 Å². The highest BCUT2D eigenvalue weighted by Gasteiger charge is 2.30. The molecule has 3 nitrogen and oxygen atoms in total. The van der Waals surface area contributed by atoms with Crippen molar-refractivity contribution in [3.63, 3.8) is 0 Å². The summed E-state index contributed by atoms with van der Waals surface area (Å²) < 4.78 is 0. The van der Waals surface area contributed by atoms with E-state index >= 15 is 0 Å². The van der Waals surface area contributed by atoms with E-state index in [4.69, 9.17) is 0 Å². The lowest BCUT2D eigenvalue weighted by molar-refractivity contribution is -0.122. The topological polar surface area (TPSA) is 32.3 Å². The van der Waals surface area contributed by atoms with Crippen LogP contribution in [0.15, 0.2) is 16.8 Å². The van der Waals surface area contributed by atoms with Crippen molar-refractivity contribution in [2.45, 2.75) is 44.6 Å². The van der Waals surface area contributed by atoms with Crippen LogP contribution in [-0.2, 0) is 4.79 Å². The Kier molecular flexibility index (Phi) is 4.73. The Morgan fingerprint density at radius 2 is 2.05 bits per heavy atom. The number of nitrogens with one attached hydrogen (secondary N) is 1. The Bertz CT molecular complexity index is 420. The summed E-state index contributed by atoms with van der Waals surface area (Å²) >= 11 is 1.75. The quantitative estimate of drug-likeness (QED) is 0.904. The van der Waals surface area contributed by atoms with Crippen LogP contribution < -0.4 is 5.32 Å². The van der Waals surface area contributed by atoms with Crippen molar-refractivity contribution >= 4 is 17.2 Å². The maximum Gasteiger partial charge on any atom is 0.223 e. The van der Waals surface area contributed by atoms with Crippen LogP contribution in [0.3, 0.4) is 0 Å². The highest BCUT2D eigenvalue weighted by molar-refractivity contribution is 7.07. The Balaban J connectivity index is 1.64. The second-order valence-corrected chi connectivity index (χ2v) is 6.82. The Hall–Kier alpha value is -0.870. The molecule has 2 aliphatic rings. The first-order chi connectivity index (χ1) is 9.84. The molecule has 0 radical (unpaired) electrons. The molecule has 110 valence electrons. The second kappa shape index (κ2) is 6.72. The summed E-state index contributed by atoms with van der Waals surface area (Å²) in [7, 11) is 0. The predicted molar refractivity (Wildman–Crippen MR) is 82.8 cm³/mol. The Labute approximate surface area is 125 Å². The third-order valence-corrected chi connectivity index (χ3v) is 5.13. The maximum atomic E-state index is 11.9. The molecule has 1 aromatic rings. The SMILES string of the molecule is O=C(NCC(c1ccsc1)N1CCCCCC1)C1CC1. The molecule has 20 heavy (non-hydrogen) atoms. The lowest BCUT2D eigenvalue weighted by Gasteiger charge is -2.30. The highest BCUT2D eigenvalue weighted by Crippen LogP contribution is 2.30. The van der Waals surface area contributed by atoms with Gasteiger partial charge in [0.2, 0.25) is 5.91 Å². The van der Waals surface area contributed by atoms with Gasteiger partial charge in [-0.2, -0.15) is 11.3 Å². The van der Waals surface area contributed by atoms with Gasteiger partial charge in [-0.3, -0.25) is 9.69 Å². The molecule has 1 aliphatic heterocycles. The van der Waals surface area contributed by atoms with Gasteiger partial charge in [-0.15, -0.1) is 0 Å². The zero-order chi connectivity index (χ0) is 13.8. The molecule has 0 aromatic carbocycles. The number of thiophene rings is 1. The van der Waals surface area contributed by atoms with Crippen molar-refractivity contribution in [1.82, 2.24) is 10.2 Å². The van der Waals surface area contributed by atoms with E-state index in [9.17, 15) is 4.79 Å². The molecule has 1 aliphatic carbocycles. The summed E-state index contributed by atoms with van der Waals surface area (Å²) in [6.45, 7) is 3.10. The number of amides is 1. The van der Waals surface area contributed by atoms with Crippen LogP contribution in [0.4, 0.5) is 0 Å². The first-order valence-corrected chi connectivity index (χ1v) is 8.83. The van der Waals surface area contributed by atoms with E-state index in [1.165, 1.54) is 44.3 Å². The Morgan fingerprint density at radius 3 is 2.65 bits per heavy atom. The molecule has 2 fully saturated rings. The molecule has 1 N–H and O–H groups in total. The molecule has 2 heterocycles. The predicted octanol–water partition coefficient (Wildman–Crippen LogP) is 3.19. The van der Waals surface area contributed by atoms with E-state index in [1.54, 1.807) is 11.3 Å². The van der Waals surface area contributed by atoms with Gasteiger partial charge in [-0.25, -0.2) is 0 Å². The molecule has 1 unspecified atom stereocenters. The minimum atomic E-state index is 0.264. The van der Waals surface area contributed by atoms with Gasteiger partial charge in [0.1, 0.15) is 0 Å². The number of nitrogens with zero attached hydrogens (tertiary/aromatic N) is 1. The van der Waals surface area contributed by atoms with E-state index < -0.39 is 0 Å². The summed E-state index contributed by atoms with van der Waals surface area (Å²) in [4.78, 5) is 14.5. The van der Waals surface area contributed by atoms with Crippen LogP contribution in [0, 0.1) is 5.92 Å². The van der Waals surface area contributed by atoms with Crippen LogP contribution in [0.1, 0.15) is 50.1 Å². The first-order valence-electron chi connectivity index (χ1n) is 7.88. The zero-order valence-corrected chi connectivity index (χ0v) is 12.8. The number of rotatable bonds is 5. The van der Waals surface area contributed by atoms with Crippen LogP contribution in [-0.4, -0.2) is 30.4 Å². The molecule has 1 atom stereocenters. The van der Waals surface area contributed by atoms with E-state index in [-0.39, 0.29) is 5.91 Å². The molecule has 0 bridgehead atoms. The molecule has 1 amide bonds. The zero-order valence-electron chi connectivity index (χ0n) is 12.0. The lowest BCUT2D eigenvalue weighted by atomic mass is 10.1. The van der Waals surface area contributed by atoms with Crippen molar-refractivity contribution in [2.75, 3.05) is 19.6 Å². The van der Waals surface area contributed by atoms with E-state index in [1.807, 2.05) is 0 Å². The van der Waals surface area contributed by atoms with Crippen LogP contribution in [0.25, 0.3) is 0 Å². The highest BCUT2D eigenvalue weighted by atomic mass is 32.1. The molecular weight excluding hydrogens is 268 g/mol. The van der Waals surface area contributed by atoms with Crippen LogP contribution >= 0.6 is 11.3 Å². The largest absolute Gasteiger partial charge is 0.354 e. The standard InChI is InChI=1S/C16H24N2OS/c19-16(13-5-6-13)17-11-15(14-7-10-20-12-14)18-8-3-1-2-4-9-18/h7,10,12-13,15H,1-6,8-9,11H2,(H,17,19). The molecule has 1 aromatic heterocycles. The molecule has 3 rings (SSSR count).